The average molecular weight is 222 g/mol. The van der Waals surface area contributed by atoms with Gasteiger partial charge in [0.25, 0.3) is 0 Å². The summed E-state index contributed by atoms with van der Waals surface area (Å²) in [5.74, 6) is -0.903. The van der Waals surface area contributed by atoms with E-state index in [0.29, 0.717) is 16.6 Å². The van der Waals surface area contributed by atoms with Crippen LogP contribution >= 0.6 is 23.1 Å². The second-order valence-electron chi connectivity index (χ2n) is 2.43. The maximum absolute atomic E-state index is 10.4. The van der Waals surface area contributed by atoms with Crippen molar-refractivity contribution in [3.05, 3.63) is 10.0 Å². The number of rotatable bonds is 4. The Morgan fingerprint density at radius 1 is 1.85 bits per heavy atom. The van der Waals surface area contributed by atoms with E-state index in [0.717, 1.165) is 11.5 Å². The number of halogens is 1. The van der Waals surface area contributed by atoms with Gasteiger partial charge in [-0.2, -0.15) is 0 Å². The van der Waals surface area contributed by atoms with E-state index >= 15 is 0 Å². The molecule has 0 amide bonds. The van der Waals surface area contributed by atoms with Crippen molar-refractivity contribution in [3.63, 3.8) is 0 Å². The van der Waals surface area contributed by atoms with Gasteiger partial charge < -0.3 is 5.11 Å². The molecule has 0 aromatic carbocycles. The largest absolute Gasteiger partial charge is 0.480 e. The Balaban J connectivity index is 2.44. The molecule has 0 aliphatic carbocycles. The highest BCUT2D eigenvalue weighted by Gasteiger charge is 2.11. The van der Waals surface area contributed by atoms with Gasteiger partial charge in [-0.05, 0) is 6.92 Å². The van der Waals surface area contributed by atoms with Gasteiger partial charge >= 0.3 is 5.97 Å². The van der Waals surface area contributed by atoms with Gasteiger partial charge in [0, 0.05) is 18.1 Å². The number of carbonyl (C=O) groups is 1. The van der Waals surface area contributed by atoms with E-state index in [1.54, 1.807) is 6.92 Å². The fourth-order valence-corrected chi connectivity index (χ4v) is 1.27. The molecule has 0 radical (unpaired) electrons. The zero-order chi connectivity index (χ0) is 9.84. The molecule has 0 saturated carbocycles. The zero-order valence-corrected chi connectivity index (χ0v) is 8.39. The Labute approximate surface area is 83.9 Å². The lowest BCUT2D eigenvalue weighted by atomic mass is 10.3. The number of hydrogen-bond donors (Lipinski definition) is 2. The van der Waals surface area contributed by atoms with Crippen LogP contribution in [0.4, 0.5) is 0 Å². The van der Waals surface area contributed by atoms with Crippen LogP contribution in [0.5, 0.6) is 0 Å². The number of aromatic nitrogens is 2. The first kappa shape index (κ1) is 10.4. The molecule has 72 valence electrons. The van der Waals surface area contributed by atoms with E-state index < -0.39 is 12.0 Å². The minimum absolute atomic E-state index is 0.322. The fraction of sp³-hybridized carbons (Fsp3) is 0.500. The highest BCUT2D eigenvalue weighted by Crippen LogP contribution is 2.16. The molecule has 1 rings (SSSR count). The number of hydrogen-bond acceptors (Lipinski definition) is 5. The van der Waals surface area contributed by atoms with Gasteiger partial charge in [0.05, 0.1) is 0 Å². The van der Waals surface area contributed by atoms with Crippen LogP contribution in [0.15, 0.2) is 0 Å². The Hall–Kier alpha value is -0.720. The average Bonchev–Trinajstić information content (AvgIpc) is 2.47. The molecule has 1 aromatic rings. The SMILES string of the molecule is CC(NCc1nnsc1Cl)C(=O)O. The monoisotopic (exact) mass is 221 g/mol. The van der Waals surface area contributed by atoms with Crippen molar-refractivity contribution >= 4 is 29.1 Å². The molecule has 1 unspecified atom stereocenters. The summed E-state index contributed by atoms with van der Waals surface area (Å²) in [5.41, 5.74) is 0.583. The number of nitrogens with one attached hydrogen (secondary N) is 1. The minimum Gasteiger partial charge on any atom is -0.480 e. The van der Waals surface area contributed by atoms with E-state index in [2.05, 4.69) is 14.9 Å². The normalized spacial score (nSPS) is 12.8. The topological polar surface area (TPSA) is 75.1 Å². The lowest BCUT2D eigenvalue weighted by molar-refractivity contribution is -0.139. The molecule has 0 fully saturated rings. The van der Waals surface area contributed by atoms with Crippen molar-refractivity contribution in [2.24, 2.45) is 0 Å². The third-order valence-electron chi connectivity index (χ3n) is 1.46. The lowest BCUT2D eigenvalue weighted by Crippen LogP contribution is -2.33. The van der Waals surface area contributed by atoms with Crippen LogP contribution in [0.25, 0.3) is 0 Å². The summed E-state index contributed by atoms with van der Waals surface area (Å²) in [7, 11) is 0. The first-order valence-corrected chi connectivity index (χ1v) is 4.69. The summed E-state index contributed by atoms with van der Waals surface area (Å²) in [6, 6.07) is -0.613. The molecular formula is C6H8ClN3O2S. The maximum Gasteiger partial charge on any atom is 0.320 e. The first-order valence-electron chi connectivity index (χ1n) is 3.54. The molecule has 0 spiro atoms. The Morgan fingerprint density at radius 3 is 3.00 bits per heavy atom. The van der Waals surface area contributed by atoms with E-state index in [-0.39, 0.29) is 0 Å². The standard InChI is InChI=1S/C6H8ClN3O2S/c1-3(6(11)12)8-2-4-5(7)13-10-9-4/h3,8H,2H2,1H3,(H,11,12). The van der Waals surface area contributed by atoms with Crippen molar-refractivity contribution in [2.75, 3.05) is 0 Å². The molecule has 1 aromatic heterocycles. The van der Waals surface area contributed by atoms with Crippen LogP contribution in [0, 0.1) is 0 Å². The van der Waals surface area contributed by atoms with Crippen molar-refractivity contribution in [1.82, 2.24) is 14.9 Å². The minimum atomic E-state index is -0.903. The Kier molecular flexibility index (Phi) is 3.58. The van der Waals surface area contributed by atoms with E-state index in [4.69, 9.17) is 16.7 Å². The highest BCUT2D eigenvalue weighted by molar-refractivity contribution is 7.10. The molecule has 2 N–H and O–H groups in total. The smallest absolute Gasteiger partial charge is 0.320 e. The molecule has 0 bridgehead atoms. The molecule has 1 atom stereocenters. The van der Waals surface area contributed by atoms with Crippen molar-refractivity contribution in [2.45, 2.75) is 19.5 Å². The molecule has 5 nitrogen and oxygen atoms in total. The summed E-state index contributed by atoms with van der Waals surface area (Å²) >= 11 is 6.79. The molecule has 1 heterocycles. The van der Waals surface area contributed by atoms with Crippen LogP contribution in [-0.4, -0.2) is 26.7 Å². The van der Waals surface area contributed by atoms with Gasteiger partial charge in [-0.1, -0.05) is 16.1 Å². The zero-order valence-electron chi connectivity index (χ0n) is 6.82. The number of aliphatic carboxylic acids is 1. The van der Waals surface area contributed by atoms with Crippen LogP contribution in [0.1, 0.15) is 12.6 Å². The summed E-state index contributed by atoms with van der Waals surface area (Å²) in [6.45, 7) is 1.87. The molecule has 13 heavy (non-hydrogen) atoms. The summed E-state index contributed by atoms with van der Waals surface area (Å²) in [4.78, 5) is 10.4. The first-order chi connectivity index (χ1) is 6.11. The second kappa shape index (κ2) is 4.50. The Bertz CT molecular complexity index is 304. The van der Waals surface area contributed by atoms with E-state index in [9.17, 15) is 4.79 Å². The molecule has 7 heteroatoms. The lowest BCUT2D eigenvalue weighted by Gasteiger charge is -2.06. The van der Waals surface area contributed by atoms with Gasteiger partial charge in [0.15, 0.2) is 0 Å². The third-order valence-corrected chi connectivity index (χ3v) is 2.44. The maximum atomic E-state index is 10.4. The van der Waals surface area contributed by atoms with Gasteiger partial charge in [-0.15, -0.1) is 5.10 Å². The fourth-order valence-electron chi connectivity index (χ4n) is 0.639. The molecule has 0 aliphatic heterocycles. The second-order valence-corrected chi connectivity index (χ2v) is 3.79. The van der Waals surface area contributed by atoms with Crippen molar-refractivity contribution in [1.29, 1.82) is 0 Å². The summed E-state index contributed by atoms with van der Waals surface area (Å²) in [6.07, 6.45) is 0. The van der Waals surface area contributed by atoms with Gasteiger partial charge in [-0.3, -0.25) is 10.1 Å². The van der Waals surface area contributed by atoms with E-state index in [1.807, 2.05) is 0 Å². The van der Waals surface area contributed by atoms with Gasteiger partial charge in [-0.25, -0.2) is 0 Å². The molecule has 0 aliphatic rings. The summed E-state index contributed by atoms with van der Waals surface area (Å²) < 4.78 is 4.11. The van der Waals surface area contributed by atoms with Gasteiger partial charge in [0.2, 0.25) is 0 Å². The van der Waals surface area contributed by atoms with Gasteiger partial charge in [0.1, 0.15) is 16.1 Å². The number of carboxylic acids is 1. The Morgan fingerprint density at radius 2 is 2.54 bits per heavy atom. The van der Waals surface area contributed by atoms with Crippen LogP contribution in [0.3, 0.4) is 0 Å². The van der Waals surface area contributed by atoms with Crippen molar-refractivity contribution in [3.8, 4) is 0 Å². The molecular weight excluding hydrogens is 214 g/mol. The molecule has 0 saturated heterocycles. The third kappa shape index (κ3) is 2.91. The quantitative estimate of drug-likeness (QED) is 0.785. The predicted molar refractivity (Wildman–Crippen MR) is 48.9 cm³/mol. The van der Waals surface area contributed by atoms with Crippen molar-refractivity contribution < 1.29 is 9.90 Å². The predicted octanol–water partition coefficient (Wildman–Crippen LogP) is 0.754. The van der Waals surface area contributed by atoms with E-state index in [1.165, 1.54) is 0 Å². The summed E-state index contributed by atoms with van der Waals surface area (Å²) in [5, 5.41) is 15.0. The van der Waals surface area contributed by atoms with Crippen LogP contribution in [-0.2, 0) is 11.3 Å². The van der Waals surface area contributed by atoms with Crippen LogP contribution in [0.2, 0.25) is 4.34 Å². The number of nitrogens with zero attached hydrogens (tertiary/aromatic N) is 2. The van der Waals surface area contributed by atoms with Crippen LogP contribution < -0.4 is 5.32 Å². The highest BCUT2D eigenvalue weighted by atomic mass is 35.5. The number of carboxylic acid groups (broad SMARTS) is 1.